The molecule has 1 atom stereocenters. The Balaban J connectivity index is 3.81. The number of rotatable bonds is 4. The normalized spacial score (nSPS) is 13.1. The van der Waals surface area contributed by atoms with Crippen LogP contribution in [0.25, 0.3) is 0 Å². The minimum Gasteiger partial charge on any atom is -0.481 e. The maximum absolute atomic E-state index is 11.2. The molecule has 0 rings (SSSR count). The van der Waals surface area contributed by atoms with Crippen LogP contribution in [-0.2, 0) is 9.53 Å². The molecule has 0 aliphatic heterocycles. The van der Waals surface area contributed by atoms with Crippen LogP contribution in [0.5, 0.6) is 0 Å². The van der Waals surface area contributed by atoms with Gasteiger partial charge in [-0.15, -0.1) is 0 Å². The van der Waals surface area contributed by atoms with E-state index in [0.717, 1.165) is 0 Å². The first-order valence-corrected chi connectivity index (χ1v) is 4.92. The first-order chi connectivity index (χ1) is 6.70. The average Bonchev–Trinajstić information content (AvgIpc) is 1.96. The number of aliphatic carboxylic acids is 1. The molecule has 5 nitrogen and oxygen atoms in total. The van der Waals surface area contributed by atoms with Crippen molar-refractivity contribution < 1.29 is 19.4 Å². The van der Waals surface area contributed by atoms with E-state index in [2.05, 4.69) is 5.32 Å². The molecule has 0 aliphatic carbocycles. The number of alkyl carbamates (subject to hydrolysis) is 1. The first kappa shape index (κ1) is 13.7. The molecular weight excluding hydrogens is 198 g/mol. The molecule has 0 saturated heterocycles. The predicted octanol–water partition coefficient (Wildman–Crippen LogP) is 1.76. The monoisotopic (exact) mass is 217 g/mol. The zero-order valence-corrected chi connectivity index (χ0v) is 9.66. The minimum atomic E-state index is -0.868. The van der Waals surface area contributed by atoms with E-state index < -0.39 is 17.7 Å². The summed E-state index contributed by atoms with van der Waals surface area (Å²) in [6, 6.07) is -0.198. The smallest absolute Gasteiger partial charge is 0.407 e. The summed E-state index contributed by atoms with van der Waals surface area (Å²) in [5.41, 5.74) is -0.531. The van der Waals surface area contributed by atoms with E-state index in [9.17, 15) is 9.59 Å². The van der Waals surface area contributed by atoms with E-state index in [-0.39, 0.29) is 12.5 Å². The Bertz CT molecular complexity index is 232. The Morgan fingerprint density at radius 3 is 2.33 bits per heavy atom. The summed E-state index contributed by atoms with van der Waals surface area (Å²) >= 11 is 0. The topological polar surface area (TPSA) is 75.6 Å². The number of hydrogen-bond acceptors (Lipinski definition) is 3. The Morgan fingerprint density at radius 1 is 1.40 bits per heavy atom. The van der Waals surface area contributed by atoms with Crippen molar-refractivity contribution in [1.29, 1.82) is 0 Å². The summed E-state index contributed by atoms with van der Waals surface area (Å²) in [7, 11) is 0. The van der Waals surface area contributed by atoms with Crippen LogP contribution < -0.4 is 5.32 Å². The van der Waals surface area contributed by atoms with Crippen molar-refractivity contribution >= 4 is 12.1 Å². The molecular formula is C10H19NO4. The average molecular weight is 217 g/mol. The van der Waals surface area contributed by atoms with Crippen LogP contribution in [0.1, 0.15) is 40.5 Å². The summed E-state index contributed by atoms with van der Waals surface area (Å²) in [5, 5.41) is 11.0. The number of carbonyl (C=O) groups is 2. The molecule has 0 saturated carbocycles. The SMILES string of the molecule is C[C@@H](CCC(=O)O)NC(=O)OC(C)(C)C. The van der Waals surface area contributed by atoms with Crippen molar-refractivity contribution in [1.82, 2.24) is 5.32 Å². The summed E-state index contributed by atoms with van der Waals surface area (Å²) < 4.78 is 5.02. The Labute approximate surface area is 89.8 Å². The van der Waals surface area contributed by atoms with Gasteiger partial charge in [0.15, 0.2) is 0 Å². The Kier molecular flexibility index (Phi) is 5.11. The maximum atomic E-state index is 11.2. The molecule has 0 aromatic carbocycles. The molecule has 5 heteroatoms. The van der Waals surface area contributed by atoms with Gasteiger partial charge in [0.25, 0.3) is 0 Å². The Morgan fingerprint density at radius 2 is 1.93 bits per heavy atom. The zero-order chi connectivity index (χ0) is 12.1. The van der Waals surface area contributed by atoms with E-state index in [1.165, 1.54) is 0 Å². The summed E-state index contributed by atoms with van der Waals surface area (Å²) in [6.07, 6.45) is -0.0775. The molecule has 1 amide bonds. The highest BCUT2D eigenvalue weighted by Gasteiger charge is 2.17. The highest BCUT2D eigenvalue weighted by Crippen LogP contribution is 2.07. The van der Waals surface area contributed by atoms with Crippen molar-refractivity contribution in [2.75, 3.05) is 0 Å². The van der Waals surface area contributed by atoms with Gasteiger partial charge in [0.2, 0.25) is 0 Å². The van der Waals surface area contributed by atoms with Gasteiger partial charge in [-0.1, -0.05) is 0 Å². The second-order valence-electron chi connectivity index (χ2n) is 4.48. The van der Waals surface area contributed by atoms with Crippen LogP contribution in [0.4, 0.5) is 4.79 Å². The molecule has 2 N–H and O–H groups in total. The minimum absolute atomic E-state index is 0.0387. The van der Waals surface area contributed by atoms with Crippen LogP contribution in [0.2, 0.25) is 0 Å². The number of carboxylic acid groups (broad SMARTS) is 1. The van der Waals surface area contributed by atoms with Crippen LogP contribution >= 0.6 is 0 Å². The van der Waals surface area contributed by atoms with Gasteiger partial charge in [-0.2, -0.15) is 0 Å². The van der Waals surface area contributed by atoms with Crippen LogP contribution in [0.3, 0.4) is 0 Å². The molecule has 0 fully saturated rings. The highest BCUT2D eigenvalue weighted by atomic mass is 16.6. The van der Waals surface area contributed by atoms with E-state index in [1.807, 2.05) is 0 Å². The van der Waals surface area contributed by atoms with E-state index >= 15 is 0 Å². The number of nitrogens with one attached hydrogen (secondary N) is 1. The largest absolute Gasteiger partial charge is 0.481 e. The summed E-state index contributed by atoms with van der Waals surface area (Å²) in [5.74, 6) is -0.868. The lowest BCUT2D eigenvalue weighted by Crippen LogP contribution is -2.37. The van der Waals surface area contributed by atoms with Gasteiger partial charge < -0.3 is 15.2 Å². The quantitative estimate of drug-likeness (QED) is 0.752. The maximum Gasteiger partial charge on any atom is 0.407 e. The fourth-order valence-corrected chi connectivity index (χ4v) is 0.921. The second kappa shape index (κ2) is 5.58. The van der Waals surface area contributed by atoms with Gasteiger partial charge in [-0.3, -0.25) is 4.79 Å². The predicted molar refractivity (Wildman–Crippen MR) is 55.7 cm³/mol. The molecule has 0 spiro atoms. The number of hydrogen-bond donors (Lipinski definition) is 2. The Hall–Kier alpha value is -1.26. The molecule has 88 valence electrons. The van der Waals surface area contributed by atoms with Gasteiger partial charge in [-0.25, -0.2) is 4.79 Å². The third-order valence-corrected chi connectivity index (χ3v) is 1.55. The zero-order valence-electron chi connectivity index (χ0n) is 9.66. The van der Waals surface area contributed by atoms with Crippen molar-refractivity contribution in [2.45, 2.75) is 52.2 Å². The van der Waals surface area contributed by atoms with Crippen LogP contribution in [-0.4, -0.2) is 28.8 Å². The van der Waals surface area contributed by atoms with Crippen molar-refractivity contribution in [3.05, 3.63) is 0 Å². The third kappa shape index (κ3) is 9.05. The van der Waals surface area contributed by atoms with Gasteiger partial charge in [0.1, 0.15) is 5.60 Å². The van der Waals surface area contributed by atoms with Gasteiger partial charge >= 0.3 is 12.1 Å². The van der Waals surface area contributed by atoms with Crippen LogP contribution in [0.15, 0.2) is 0 Å². The number of ether oxygens (including phenoxy) is 1. The number of carboxylic acids is 1. The molecule has 15 heavy (non-hydrogen) atoms. The molecule has 0 heterocycles. The lowest BCUT2D eigenvalue weighted by atomic mass is 10.2. The van der Waals surface area contributed by atoms with E-state index in [4.69, 9.17) is 9.84 Å². The fourth-order valence-electron chi connectivity index (χ4n) is 0.921. The summed E-state index contributed by atoms with van der Waals surface area (Å²) in [4.78, 5) is 21.5. The fraction of sp³-hybridized carbons (Fsp3) is 0.800. The van der Waals surface area contributed by atoms with Gasteiger partial charge in [-0.05, 0) is 34.1 Å². The lowest BCUT2D eigenvalue weighted by molar-refractivity contribution is -0.137. The molecule has 0 bridgehead atoms. The van der Waals surface area contributed by atoms with Crippen molar-refractivity contribution in [2.24, 2.45) is 0 Å². The van der Waals surface area contributed by atoms with E-state index in [0.29, 0.717) is 6.42 Å². The molecule has 0 radical (unpaired) electrons. The third-order valence-electron chi connectivity index (χ3n) is 1.55. The van der Waals surface area contributed by atoms with Crippen molar-refractivity contribution in [3.8, 4) is 0 Å². The van der Waals surface area contributed by atoms with Gasteiger partial charge in [0.05, 0.1) is 0 Å². The lowest BCUT2D eigenvalue weighted by Gasteiger charge is -2.21. The summed E-state index contributed by atoms with van der Waals surface area (Å²) in [6.45, 7) is 7.06. The molecule has 0 aromatic rings. The number of carbonyl (C=O) groups excluding carboxylic acids is 1. The molecule has 0 unspecified atom stereocenters. The second-order valence-corrected chi connectivity index (χ2v) is 4.48. The molecule has 0 aromatic heterocycles. The highest BCUT2D eigenvalue weighted by molar-refractivity contribution is 5.69. The number of amides is 1. The molecule has 0 aliphatic rings. The standard InChI is InChI=1S/C10H19NO4/c1-7(5-6-8(12)13)11-9(14)15-10(2,3)4/h7H,5-6H2,1-4H3,(H,11,14)(H,12,13)/t7-/m0/s1. The van der Waals surface area contributed by atoms with Crippen LogP contribution in [0, 0.1) is 0 Å². The van der Waals surface area contributed by atoms with Crippen molar-refractivity contribution in [3.63, 3.8) is 0 Å². The van der Waals surface area contributed by atoms with E-state index in [1.54, 1.807) is 27.7 Å². The first-order valence-electron chi connectivity index (χ1n) is 4.92. The van der Waals surface area contributed by atoms with Gasteiger partial charge in [0, 0.05) is 12.5 Å².